The van der Waals surface area contributed by atoms with E-state index in [9.17, 15) is 9.59 Å². The number of oxazole rings is 1. The molecule has 0 unspecified atom stereocenters. The van der Waals surface area contributed by atoms with Crippen LogP contribution in [0.5, 0.6) is 5.75 Å². The second-order valence-corrected chi connectivity index (χ2v) is 8.33. The fraction of sp³-hybridized carbons (Fsp3) is 0.348. The normalized spacial score (nSPS) is 12.3. The van der Waals surface area contributed by atoms with Crippen LogP contribution in [0.25, 0.3) is 11.1 Å². The van der Waals surface area contributed by atoms with Crippen LogP contribution in [0.3, 0.4) is 0 Å². The first kappa shape index (κ1) is 22.1. The van der Waals surface area contributed by atoms with E-state index < -0.39 is 23.7 Å². The Kier molecular flexibility index (Phi) is 6.48. The van der Waals surface area contributed by atoms with E-state index in [0.29, 0.717) is 23.3 Å². The molecule has 0 spiro atoms. The van der Waals surface area contributed by atoms with Gasteiger partial charge in [0.2, 0.25) is 0 Å². The van der Waals surface area contributed by atoms with Crippen molar-refractivity contribution in [2.45, 2.75) is 38.8 Å². The summed E-state index contributed by atoms with van der Waals surface area (Å²) < 4.78 is 16.5. The van der Waals surface area contributed by atoms with Crippen LogP contribution < -0.4 is 10.1 Å². The van der Waals surface area contributed by atoms with E-state index >= 15 is 0 Å². The maximum absolute atomic E-state index is 12.8. The van der Waals surface area contributed by atoms with Gasteiger partial charge in [0.25, 0.3) is 6.01 Å². The summed E-state index contributed by atoms with van der Waals surface area (Å²) in [5.74, 6) is 0.000969. The standard InChI is InChI=1S/C23H27N3O5/c1-23(2,3)31-20(27)18(25-21-24-17-8-6-7-9-19(17)30-21)14-15-10-12-16(13-11-15)29-22(28)26(4)5/h6-13,18H,14H2,1-5H3,(H,24,25)/t18-/m0/s1. The van der Waals surface area contributed by atoms with Gasteiger partial charge in [-0.25, -0.2) is 9.59 Å². The van der Waals surface area contributed by atoms with E-state index in [-0.39, 0.29) is 6.01 Å². The molecule has 3 rings (SSSR count). The van der Waals surface area contributed by atoms with E-state index in [1.54, 1.807) is 38.4 Å². The number of fused-ring (bicyclic) bond motifs is 1. The highest BCUT2D eigenvalue weighted by atomic mass is 16.6. The number of benzene rings is 2. The van der Waals surface area contributed by atoms with Gasteiger partial charge in [-0.15, -0.1) is 0 Å². The lowest BCUT2D eigenvalue weighted by Gasteiger charge is -2.24. The molecule has 2 aromatic carbocycles. The molecule has 1 atom stereocenters. The van der Waals surface area contributed by atoms with Crippen LogP contribution in [0.2, 0.25) is 0 Å². The van der Waals surface area contributed by atoms with E-state index in [2.05, 4.69) is 10.3 Å². The summed E-state index contributed by atoms with van der Waals surface area (Å²) in [6.07, 6.45) is -0.132. The van der Waals surface area contributed by atoms with E-state index in [1.165, 1.54) is 4.90 Å². The lowest BCUT2D eigenvalue weighted by atomic mass is 10.1. The monoisotopic (exact) mass is 425 g/mol. The summed E-state index contributed by atoms with van der Waals surface area (Å²) >= 11 is 0. The molecule has 8 heteroatoms. The van der Waals surface area contributed by atoms with Crippen LogP contribution in [-0.2, 0) is 16.0 Å². The Morgan fingerprint density at radius 2 is 1.77 bits per heavy atom. The number of aromatic nitrogens is 1. The Morgan fingerprint density at radius 3 is 2.39 bits per heavy atom. The topological polar surface area (TPSA) is 93.9 Å². The Balaban J connectivity index is 1.77. The van der Waals surface area contributed by atoms with Crippen molar-refractivity contribution in [2.75, 3.05) is 19.4 Å². The highest BCUT2D eigenvalue weighted by Gasteiger charge is 2.27. The van der Waals surface area contributed by atoms with E-state index in [1.807, 2.05) is 45.0 Å². The largest absolute Gasteiger partial charge is 0.458 e. The van der Waals surface area contributed by atoms with E-state index in [0.717, 1.165) is 5.56 Å². The average Bonchev–Trinajstić information content (AvgIpc) is 3.10. The summed E-state index contributed by atoms with van der Waals surface area (Å²) in [5.41, 5.74) is 1.53. The molecule has 0 radical (unpaired) electrons. The predicted octanol–water partition coefficient (Wildman–Crippen LogP) is 4.25. The molecule has 1 amide bonds. The fourth-order valence-corrected chi connectivity index (χ4v) is 2.77. The lowest BCUT2D eigenvalue weighted by molar-refractivity contribution is -0.155. The number of rotatable bonds is 6. The molecule has 1 N–H and O–H groups in total. The second-order valence-electron chi connectivity index (χ2n) is 8.33. The van der Waals surface area contributed by atoms with Crippen molar-refractivity contribution in [1.82, 2.24) is 9.88 Å². The molecule has 164 valence electrons. The zero-order valence-electron chi connectivity index (χ0n) is 18.3. The number of hydrogen-bond acceptors (Lipinski definition) is 7. The SMILES string of the molecule is CN(C)C(=O)Oc1ccc(C[C@H](Nc2nc3ccccc3o2)C(=O)OC(C)(C)C)cc1. The number of nitrogens with zero attached hydrogens (tertiary/aromatic N) is 2. The third-order valence-corrected chi connectivity index (χ3v) is 4.22. The first-order valence-electron chi connectivity index (χ1n) is 9.94. The molecule has 1 heterocycles. The number of nitrogens with one attached hydrogen (secondary N) is 1. The average molecular weight is 425 g/mol. The highest BCUT2D eigenvalue weighted by molar-refractivity contribution is 5.80. The molecule has 0 saturated carbocycles. The first-order chi connectivity index (χ1) is 14.6. The Hall–Kier alpha value is -3.55. The minimum atomic E-state index is -0.720. The second kappa shape index (κ2) is 9.07. The minimum Gasteiger partial charge on any atom is -0.458 e. The minimum absolute atomic E-state index is 0.244. The Morgan fingerprint density at radius 1 is 1.10 bits per heavy atom. The fourth-order valence-electron chi connectivity index (χ4n) is 2.77. The van der Waals surface area contributed by atoms with Crippen molar-refractivity contribution in [3.8, 4) is 5.75 Å². The van der Waals surface area contributed by atoms with Crippen LogP contribution in [0, 0.1) is 0 Å². The molecule has 3 aromatic rings. The van der Waals surface area contributed by atoms with Crippen molar-refractivity contribution in [3.63, 3.8) is 0 Å². The van der Waals surface area contributed by atoms with Crippen molar-refractivity contribution in [2.24, 2.45) is 0 Å². The number of esters is 1. The zero-order chi connectivity index (χ0) is 22.6. The van der Waals surface area contributed by atoms with Gasteiger partial charge >= 0.3 is 12.1 Å². The summed E-state index contributed by atoms with van der Waals surface area (Å²) in [4.78, 5) is 30.3. The highest BCUT2D eigenvalue weighted by Crippen LogP contribution is 2.21. The van der Waals surface area contributed by atoms with Gasteiger partial charge in [0, 0.05) is 20.5 Å². The van der Waals surface area contributed by atoms with Gasteiger partial charge in [0.15, 0.2) is 5.58 Å². The third-order valence-electron chi connectivity index (χ3n) is 4.22. The molecule has 0 bridgehead atoms. The van der Waals surface area contributed by atoms with Gasteiger partial charge < -0.3 is 24.1 Å². The van der Waals surface area contributed by atoms with Crippen molar-refractivity contribution >= 4 is 29.2 Å². The van der Waals surface area contributed by atoms with Gasteiger partial charge in [-0.05, 0) is 50.6 Å². The first-order valence-corrected chi connectivity index (χ1v) is 9.94. The van der Waals surface area contributed by atoms with Gasteiger partial charge in [-0.3, -0.25) is 0 Å². The molecule has 0 aliphatic heterocycles. The van der Waals surface area contributed by atoms with Gasteiger partial charge in [-0.2, -0.15) is 4.98 Å². The molecular formula is C23H27N3O5. The summed E-state index contributed by atoms with van der Waals surface area (Å²) in [6, 6.07) is 13.8. The number of ether oxygens (including phenoxy) is 2. The van der Waals surface area contributed by atoms with E-state index in [4.69, 9.17) is 13.9 Å². The predicted molar refractivity (Wildman–Crippen MR) is 117 cm³/mol. The summed E-state index contributed by atoms with van der Waals surface area (Å²) in [5, 5.41) is 3.06. The molecule has 0 fully saturated rings. The van der Waals surface area contributed by atoms with Crippen LogP contribution in [0.15, 0.2) is 52.9 Å². The molecule has 1 aromatic heterocycles. The molecular weight excluding hydrogens is 398 g/mol. The summed E-state index contributed by atoms with van der Waals surface area (Å²) in [6.45, 7) is 5.44. The van der Waals surface area contributed by atoms with Gasteiger partial charge in [0.05, 0.1) is 0 Å². The van der Waals surface area contributed by atoms with Crippen LogP contribution >= 0.6 is 0 Å². The number of anilines is 1. The van der Waals surface area contributed by atoms with Crippen molar-refractivity contribution < 1.29 is 23.5 Å². The Labute approximate surface area is 181 Å². The molecule has 0 aliphatic rings. The van der Waals surface area contributed by atoms with Gasteiger partial charge in [0.1, 0.15) is 22.9 Å². The van der Waals surface area contributed by atoms with Crippen LogP contribution in [0.4, 0.5) is 10.8 Å². The molecule has 0 saturated heterocycles. The molecule has 0 aliphatic carbocycles. The van der Waals surface area contributed by atoms with Crippen LogP contribution in [0.1, 0.15) is 26.3 Å². The smallest absolute Gasteiger partial charge is 0.414 e. The third kappa shape index (κ3) is 6.21. The molecule has 8 nitrogen and oxygen atoms in total. The summed E-state index contributed by atoms with van der Waals surface area (Å²) in [7, 11) is 3.22. The lowest BCUT2D eigenvalue weighted by Crippen LogP contribution is -2.38. The molecule has 31 heavy (non-hydrogen) atoms. The zero-order valence-corrected chi connectivity index (χ0v) is 18.3. The maximum atomic E-state index is 12.8. The van der Waals surface area contributed by atoms with Crippen molar-refractivity contribution in [1.29, 1.82) is 0 Å². The number of amides is 1. The number of carbonyl (C=O) groups is 2. The van der Waals surface area contributed by atoms with Crippen molar-refractivity contribution in [3.05, 3.63) is 54.1 Å². The van der Waals surface area contributed by atoms with Crippen LogP contribution in [-0.4, -0.2) is 47.7 Å². The number of carbonyl (C=O) groups excluding carboxylic acids is 2. The quantitative estimate of drug-likeness (QED) is 0.590. The van der Waals surface area contributed by atoms with Gasteiger partial charge in [-0.1, -0.05) is 24.3 Å². The number of para-hydroxylation sites is 2. The maximum Gasteiger partial charge on any atom is 0.414 e. The Bertz CT molecular complexity index is 1020. The number of hydrogen-bond donors (Lipinski definition) is 1.